The smallest absolute Gasteiger partial charge is 0.291 e. The van der Waals surface area contributed by atoms with E-state index in [1.165, 1.54) is 0 Å². The molecule has 2 aliphatic heterocycles. The first-order chi connectivity index (χ1) is 14.1. The van der Waals surface area contributed by atoms with Crippen molar-refractivity contribution >= 4 is 17.5 Å². The predicted molar refractivity (Wildman–Crippen MR) is 113 cm³/mol. The van der Waals surface area contributed by atoms with Crippen LogP contribution in [0.4, 0.5) is 5.69 Å². The van der Waals surface area contributed by atoms with Crippen molar-refractivity contribution < 1.29 is 9.59 Å². The normalized spacial score (nSPS) is 17.1. The van der Waals surface area contributed by atoms with E-state index in [1.54, 1.807) is 0 Å². The Kier molecular flexibility index (Phi) is 5.69. The number of rotatable bonds is 4. The lowest BCUT2D eigenvalue weighted by Crippen LogP contribution is -2.38. The van der Waals surface area contributed by atoms with Gasteiger partial charge in [-0.25, -0.2) is 4.98 Å². The minimum atomic E-state index is -0.236. The molecule has 1 aromatic carbocycles. The van der Waals surface area contributed by atoms with Gasteiger partial charge in [-0.15, -0.1) is 0 Å². The molecule has 0 spiro atoms. The van der Waals surface area contributed by atoms with Gasteiger partial charge in [0.05, 0.1) is 5.69 Å². The summed E-state index contributed by atoms with van der Waals surface area (Å²) in [7, 11) is 0. The maximum Gasteiger partial charge on any atom is 0.291 e. The zero-order valence-corrected chi connectivity index (χ0v) is 17.4. The predicted octanol–water partition coefficient (Wildman–Crippen LogP) is 3.91. The van der Waals surface area contributed by atoms with Gasteiger partial charge in [-0.2, -0.15) is 0 Å². The molecule has 154 valence electrons. The third kappa shape index (κ3) is 3.93. The van der Waals surface area contributed by atoms with Crippen LogP contribution >= 0.6 is 0 Å². The number of carbonyl (C=O) groups is 2. The molecule has 1 N–H and O–H groups in total. The number of fused-ring (bicyclic) bond motifs is 1. The van der Waals surface area contributed by atoms with Crippen LogP contribution in [-0.2, 0) is 19.4 Å². The van der Waals surface area contributed by atoms with Crippen LogP contribution in [0.2, 0.25) is 0 Å². The quantitative estimate of drug-likeness (QED) is 0.855. The Labute approximate surface area is 172 Å². The van der Waals surface area contributed by atoms with Crippen LogP contribution in [0.3, 0.4) is 0 Å². The van der Waals surface area contributed by atoms with Crippen LogP contribution in [0.5, 0.6) is 0 Å². The minimum Gasteiger partial charge on any atom is -0.337 e. The van der Waals surface area contributed by atoms with Gasteiger partial charge in [0.1, 0.15) is 5.69 Å². The lowest BCUT2D eigenvalue weighted by atomic mass is 9.98. The third-order valence-electron chi connectivity index (χ3n) is 6.24. The van der Waals surface area contributed by atoms with E-state index in [1.807, 2.05) is 33.7 Å². The van der Waals surface area contributed by atoms with Crippen LogP contribution in [0, 0.1) is 5.92 Å². The molecule has 2 aromatic rings. The number of anilines is 1. The molecule has 0 radical (unpaired) electrons. The standard InChI is InChI=1S/C23H30N4O2/c1-3-17-8-4-5-9-18(17)24-22(28)21-25-20(19-10-6-7-13-27(19)21)23(29)26-14-11-16(2)12-15-26/h4-5,8-9,16H,3,6-7,10-15H2,1-2H3,(H,24,28). The summed E-state index contributed by atoms with van der Waals surface area (Å²) in [6.07, 6.45) is 5.74. The number of amides is 2. The van der Waals surface area contributed by atoms with Gasteiger partial charge in [0, 0.05) is 25.3 Å². The van der Waals surface area contributed by atoms with E-state index in [0.29, 0.717) is 17.4 Å². The second-order valence-electron chi connectivity index (χ2n) is 8.28. The largest absolute Gasteiger partial charge is 0.337 e. The molecule has 2 aliphatic rings. The van der Waals surface area contributed by atoms with Gasteiger partial charge in [0.25, 0.3) is 11.8 Å². The minimum absolute atomic E-state index is 0.0180. The summed E-state index contributed by atoms with van der Waals surface area (Å²) in [5.41, 5.74) is 3.30. The highest BCUT2D eigenvalue weighted by Gasteiger charge is 2.31. The summed E-state index contributed by atoms with van der Waals surface area (Å²) >= 11 is 0. The second-order valence-corrected chi connectivity index (χ2v) is 8.28. The molecule has 4 rings (SSSR count). The Morgan fingerprint density at radius 2 is 1.90 bits per heavy atom. The van der Waals surface area contributed by atoms with E-state index in [2.05, 4.69) is 24.1 Å². The van der Waals surface area contributed by atoms with Crippen molar-refractivity contribution in [1.82, 2.24) is 14.5 Å². The van der Waals surface area contributed by atoms with Crippen molar-refractivity contribution in [2.75, 3.05) is 18.4 Å². The number of likely N-dealkylation sites (tertiary alicyclic amines) is 1. The van der Waals surface area contributed by atoms with Gasteiger partial charge in [-0.05, 0) is 56.1 Å². The maximum absolute atomic E-state index is 13.2. The number of nitrogens with zero attached hydrogens (tertiary/aromatic N) is 3. The first-order valence-electron chi connectivity index (χ1n) is 10.9. The molecule has 0 atom stereocenters. The third-order valence-corrected chi connectivity index (χ3v) is 6.24. The fourth-order valence-corrected chi connectivity index (χ4v) is 4.38. The number of hydrogen-bond donors (Lipinski definition) is 1. The Morgan fingerprint density at radius 3 is 2.66 bits per heavy atom. The van der Waals surface area contributed by atoms with Gasteiger partial charge in [0.15, 0.2) is 5.82 Å². The number of nitrogens with one attached hydrogen (secondary N) is 1. The number of imidazole rings is 1. The topological polar surface area (TPSA) is 67.2 Å². The average Bonchev–Trinajstić information content (AvgIpc) is 3.14. The summed E-state index contributed by atoms with van der Waals surface area (Å²) in [4.78, 5) is 32.8. The summed E-state index contributed by atoms with van der Waals surface area (Å²) in [6.45, 7) is 6.59. The van der Waals surface area contributed by atoms with Crippen molar-refractivity contribution in [3.05, 3.63) is 47.0 Å². The van der Waals surface area contributed by atoms with E-state index in [4.69, 9.17) is 0 Å². The molecule has 0 bridgehead atoms. The van der Waals surface area contributed by atoms with Crippen LogP contribution in [0.15, 0.2) is 24.3 Å². The number of hydrogen-bond acceptors (Lipinski definition) is 3. The number of piperidine rings is 1. The highest BCUT2D eigenvalue weighted by Crippen LogP contribution is 2.25. The molecule has 3 heterocycles. The molecule has 0 saturated carbocycles. The van der Waals surface area contributed by atoms with Gasteiger partial charge in [-0.3, -0.25) is 9.59 Å². The SMILES string of the molecule is CCc1ccccc1NC(=O)c1nc(C(=O)N2CCC(C)CC2)c2n1CCCC2. The Hall–Kier alpha value is -2.63. The fraction of sp³-hybridized carbons (Fsp3) is 0.522. The molecule has 6 nitrogen and oxygen atoms in total. The monoisotopic (exact) mass is 394 g/mol. The molecule has 1 saturated heterocycles. The average molecular weight is 395 g/mol. The molecule has 0 aliphatic carbocycles. The molecule has 0 unspecified atom stereocenters. The van der Waals surface area contributed by atoms with Crippen molar-refractivity contribution in [3.63, 3.8) is 0 Å². The molecular formula is C23H30N4O2. The lowest BCUT2D eigenvalue weighted by Gasteiger charge is -2.30. The van der Waals surface area contributed by atoms with Crippen LogP contribution in [0.25, 0.3) is 0 Å². The Balaban J connectivity index is 1.62. The van der Waals surface area contributed by atoms with Gasteiger partial charge >= 0.3 is 0 Å². The first kappa shape index (κ1) is 19.7. The molecule has 29 heavy (non-hydrogen) atoms. The van der Waals surface area contributed by atoms with Gasteiger partial charge in [0.2, 0.25) is 0 Å². The van der Waals surface area contributed by atoms with E-state index in [-0.39, 0.29) is 11.8 Å². The zero-order valence-electron chi connectivity index (χ0n) is 17.4. The van der Waals surface area contributed by atoms with E-state index in [0.717, 1.165) is 75.1 Å². The molecule has 2 amide bonds. The van der Waals surface area contributed by atoms with Crippen molar-refractivity contribution in [3.8, 4) is 0 Å². The number of benzene rings is 1. The second kappa shape index (κ2) is 8.39. The highest BCUT2D eigenvalue weighted by molar-refractivity contribution is 6.04. The molecule has 1 fully saturated rings. The van der Waals surface area contributed by atoms with Gasteiger partial charge < -0.3 is 14.8 Å². The van der Waals surface area contributed by atoms with Crippen LogP contribution < -0.4 is 5.32 Å². The number of para-hydroxylation sites is 1. The maximum atomic E-state index is 13.2. The van der Waals surface area contributed by atoms with Crippen molar-refractivity contribution in [2.24, 2.45) is 5.92 Å². The van der Waals surface area contributed by atoms with Crippen LogP contribution in [-0.4, -0.2) is 39.4 Å². The van der Waals surface area contributed by atoms with Gasteiger partial charge in [-0.1, -0.05) is 32.0 Å². The Morgan fingerprint density at radius 1 is 1.14 bits per heavy atom. The number of carbonyl (C=O) groups excluding carboxylic acids is 2. The van der Waals surface area contributed by atoms with Crippen molar-refractivity contribution in [2.45, 2.75) is 58.9 Å². The molecular weight excluding hydrogens is 364 g/mol. The van der Waals surface area contributed by atoms with E-state index >= 15 is 0 Å². The van der Waals surface area contributed by atoms with E-state index < -0.39 is 0 Å². The highest BCUT2D eigenvalue weighted by atomic mass is 16.2. The fourth-order valence-electron chi connectivity index (χ4n) is 4.38. The van der Waals surface area contributed by atoms with Crippen molar-refractivity contribution in [1.29, 1.82) is 0 Å². The summed E-state index contributed by atoms with van der Waals surface area (Å²) in [6, 6.07) is 7.82. The van der Waals surface area contributed by atoms with E-state index in [9.17, 15) is 9.59 Å². The summed E-state index contributed by atoms with van der Waals surface area (Å²) in [5, 5.41) is 3.02. The summed E-state index contributed by atoms with van der Waals surface area (Å²) < 4.78 is 1.97. The van der Waals surface area contributed by atoms with Crippen LogP contribution in [0.1, 0.15) is 71.9 Å². The summed E-state index contributed by atoms with van der Waals surface area (Å²) in [5.74, 6) is 0.769. The molecule has 6 heteroatoms. The Bertz CT molecular complexity index is 910. The zero-order chi connectivity index (χ0) is 20.4. The lowest BCUT2D eigenvalue weighted by molar-refractivity contribution is 0.0690. The number of aromatic nitrogens is 2. The first-order valence-corrected chi connectivity index (χ1v) is 10.9. The number of aryl methyl sites for hydroxylation is 1. The molecule has 1 aromatic heterocycles.